The SMILES string of the molecule is NCc1[nH]c2ccc(O)c(Br)c2c1CC(=O)O. The molecule has 5 N–H and O–H groups in total. The molecule has 2 aromatic rings. The number of carbonyl (C=O) groups is 1. The maximum atomic E-state index is 10.8. The van der Waals surface area contributed by atoms with Crippen LogP contribution in [-0.2, 0) is 17.8 Å². The van der Waals surface area contributed by atoms with Crippen molar-refractivity contribution in [2.45, 2.75) is 13.0 Å². The van der Waals surface area contributed by atoms with Crippen molar-refractivity contribution in [2.75, 3.05) is 0 Å². The number of aromatic amines is 1. The summed E-state index contributed by atoms with van der Waals surface area (Å²) in [5.74, 6) is -0.859. The number of carboxylic acids is 1. The first-order valence-electron chi connectivity index (χ1n) is 4.97. The van der Waals surface area contributed by atoms with Crippen molar-refractivity contribution >= 4 is 32.8 Å². The number of fused-ring (bicyclic) bond motifs is 1. The zero-order valence-electron chi connectivity index (χ0n) is 8.83. The Hall–Kier alpha value is -1.53. The minimum atomic E-state index is -0.934. The van der Waals surface area contributed by atoms with E-state index in [1.807, 2.05) is 0 Å². The van der Waals surface area contributed by atoms with Crippen LogP contribution in [0.4, 0.5) is 0 Å². The van der Waals surface area contributed by atoms with Crippen LogP contribution in [0, 0.1) is 0 Å². The highest BCUT2D eigenvalue weighted by atomic mass is 79.9. The number of halogens is 1. The topological polar surface area (TPSA) is 99.3 Å². The van der Waals surface area contributed by atoms with Gasteiger partial charge >= 0.3 is 5.97 Å². The lowest BCUT2D eigenvalue weighted by Gasteiger charge is -2.02. The molecule has 0 fully saturated rings. The minimum absolute atomic E-state index is 0.0757. The third-order valence-electron chi connectivity index (χ3n) is 2.61. The summed E-state index contributed by atoms with van der Waals surface area (Å²) in [4.78, 5) is 13.9. The third kappa shape index (κ3) is 2.01. The summed E-state index contributed by atoms with van der Waals surface area (Å²) < 4.78 is 0.488. The molecule has 1 heterocycles. The number of benzene rings is 1. The molecule has 0 saturated heterocycles. The third-order valence-corrected chi connectivity index (χ3v) is 3.41. The van der Waals surface area contributed by atoms with Crippen LogP contribution in [0.15, 0.2) is 16.6 Å². The average molecular weight is 299 g/mol. The Morgan fingerprint density at radius 2 is 2.18 bits per heavy atom. The molecule has 0 unspecified atom stereocenters. The van der Waals surface area contributed by atoms with E-state index in [2.05, 4.69) is 20.9 Å². The maximum absolute atomic E-state index is 10.8. The largest absolute Gasteiger partial charge is 0.507 e. The molecule has 17 heavy (non-hydrogen) atoms. The van der Waals surface area contributed by atoms with Gasteiger partial charge in [-0.05, 0) is 33.6 Å². The average Bonchev–Trinajstić information content (AvgIpc) is 2.62. The van der Waals surface area contributed by atoms with Crippen LogP contribution < -0.4 is 5.73 Å². The number of nitrogens with two attached hydrogens (primary N) is 1. The van der Waals surface area contributed by atoms with E-state index in [9.17, 15) is 9.90 Å². The molecule has 0 amide bonds. The van der Waals surface area contributed by atoms with Crippen LogP contribution in [0.5, 0.6) is 5.75 Å². The highest BCUT2D eigenvalue weighted by Crippen LogP contribution is 2.36. The molecule has 2 rings (SSSR count). The summed E-state index contributed by atoms with van der Waals surface area (Å²) in [5, 5.41) is 19.2. The van der Waals surface area contributed by atoms with Crippen LogP contribution in [0.1, 0.15) is 11.3 Å². The molecular weight excluding hydrogens is 288 g/mol. The predicted molar refractivity (Wildman–Crippen MR) is 66.9 cm³/mol. The van der Waals surface area contributed by atoms with Gasteiger partial charge in [-0.2, -0.15) is 0 Å². The molecule has 0 bridgehead atoms. The van der Waals surface area contributed by atoms with Gasteiger partial charge in [0.25, 0.3) is 0 Å². The number of carboxylic acid groups (broad SMARTS) is 1. The van der Waals surface area contributed by atoms with Crippen molar-refractivity contribution in [1.29, 1.82) is 0 Å². The molecule has 5 nitrogen and oxygen atoms in total. The second-order valence-electron chi connectivity index (χ2n) is 3.68. The normalized spacial score (nSPS) is 10.9. The Kier molecular flexibility index (Phi) is 3.08. The first-order valence-corrected chi connectivity index (χ1v) is 5.76. The van der Waals surface area contributed by atoms with E-state index in [4.69, 9.17) is 10.8 Å². The predicted octanol–water partition coefficient (Wildman–Crippen LogP) is 1.72. The lowest BCUT2D eigenvalue weighted by molar-refractivity contribution is -0.136. The van der Waals surface area contributed by atoms with Gasteiger partial charge < -0.3 is 20.9 Å². The fraction of sp³-hybridized carbons (Fsp3) is 0.182. The van der Waals surface area contributed by atoms with Crippen molar-refractivity contribution in [3.05, 3.63) is 27.9 Å². The zero-order chi connectivity index (χ0) is 12.6. The molecule has 0 atom stereocenters. The van der Waals surface area contributed by atoms with Crippen molar-refractivity contribution in [2.24, 2.45) is 5.73 Å². The summed E-state index contributed by atoms with van der Waals surface area (Å²) in [7, 11) is 0. The van der Waals surface area contributed by atoms with Crippen LogP contribution in [0.2, 0.25) is 0 Å². The monoisotopic (exact) mass is 298 g/mol. The highest BCUT2D eigenvalue weighted by Gasteiger charge is 2.17. The van der Waals surface area contributed by atoms with Crippen molar-refractivity contribution in [3.8, 4) is 5.75 Å². The van der Waals surface area contributed by atoms with Gasteiger partial charge in [-0.15, -0.1) is 0 Å². The van der Waals surface area contributed by atoms with Crippen LogP contribution in [0.25, 0.3) is 10.9 Å². The van der Waals surface area contributed by atoms with E-state index in [1.165, 1.54) is 6.07 Å². The van der Waals surface area contributed by atoms with Gasteiger partial charge in [-0.25, -0.2) is 0 Å². The molecular formula is C11H11BrN2O3. The summed E-state index contributed by atoms with van der Waals surface area (Å²) in [6.07, 6.45) is -0.130. The molecule has 90 valence electrons. The summed E-state index contributed by atoms with van der Waals surface area (Å²) in [5.41, 5.74) is 7.62. The van der Waals surface area contributed by atoms with Gasteiger partial charge in [-0.3, -0.25) is 4.79 Å². The Morgan fingerprint density at radius 3 is 2.76 bits per heavy atom. The fourth-order valence-corrected chi connectivity index (χ4v) is 2.46. The molecule has 1 aromatic heterocycles. The molecule has 0 spiro atoms. The van der Waals surface area contributed by atoms with E-state index in [0.29, 0.717) is 21.1 Å². The van der Waals surface area contributed by atoms with E-state index < -0.39 is 5.97 Å². The molecule has 0 aliphatic rings. The van der Waals surface area contributed by atoms with E-state index in [1.54, 1.807) is 6.07 Å². The van der Waals surface area contributed by atoms with Crippen LogP contribution in [0.3, 0.4) is 0 Å². The number of phenolic OH excluding ortho intramolecular Hbond substituents is 1. The number of phenols is 1. The number of H-pyrrole nitrogens is 1. The van der Waals surface area contributed by atoms with Gasteiger partial charge in [-0.1, -0.05) is 0 Å². The fourth-order valence-electron chi connectivity index (χ4n) is 1.87. The lowest BCUT2D eigenvalue weighted by atomic mass is 10.1. The standard InChI is InChI=1S/C11H11BrN2O3/c12-11-8(15)2-1-6-10(11)5(3-9(16)17)7(4-13)14-6/h1-2,14-15H,3-4,13H2,(H,16,17). The number of aromatic hydroxyl groups is 1. The number of aromatic nitrogens is 1. The van der Waals surface area contributed by atoms with Gasteiger partial charge in [0.15, 0.2) is 0 Å². The van der Waals surface area contributed by atoms with Gasteiger partial charge in [0.05, 0.1) is 10.9 Å². The summed E-state index contributed by atoms with van der Waals surface area (Å²) in [6, 6.07) is 3.23. The number of rotatable bonds is 3. The van der Waals surface area contributed by atoms with Crippen LogP contribution in [-0.4, -0.2) is 21.2 Å². The molecule has 1 aromatic carbocycles. The molecule has 0 radical (unpaired) electrons. The zero-order valence-corrected chi connectivity index (χ0v) is 10.4. The van der Waals surface area contributed by atoms with E-state index in [-0.39, 0.29) is 18.7 Å². The second-order valence-corrected chi connectivity index (χ2v) is 4.47. The quantitative estimate of drug-likeness (QED) is 0.693. The Bertz CT molecular complexity index is 592. The number of nitrogens with one attached hydrogen (secondary N) is 1. The minimum Gasteiger partial charge on any atom is -0.507 e. The molecule has 0 aliphatic carbocycles. The van der Waals surface area contributed by atoms with Crippen molar-refractivity contribution < 1.29 is 15.0 Å². The smallest absolute Gasteiger partial charge is 0.307 e. The first-order chi connectivity index (χ1) is 8.04. The number of hydrogen-bond donors (Lipinski definition) is 4. The first kappa shape index (κ1) is 11.9. The van der Waals surface area contributed by atoms with E-state index >= 15 is 0 Å². The molecule has 0 aliphatic heterocycles. The number of hydrogen-bond acceptors (Lipinski definition) is 3. The molecule has 6 heteroatoms. The Labute approximate surface area is 105 Å². The van der Waals surface area contributed by atoms with Crippen molar-refractivity contribution in [1.82, 2.24) is 4.98 Å². The van der Waals surface area contributed by atoms with Crippen LogP contribution >= 0.6 is 15.9 Å². The maximum Gasteiger partial charge on any atom is 0.307 e. The highest BCUT2D eigenvalue weighted by molar-refractivity contribution is 9.10. The Morgan fingerprint density at radius 1 is 1.47 bits per heavy atom. The van der Waals surface area contributed by atoms with Gasteiger partial charge in [0.2, 0.25) is 0 Å². The van der Waals surface area contributed by atoms with Gasteiger partial charge in [0, 0.05) is 23.1 Å². The Balaban J connectivity index is 2.76. The number of aliphatic carboxylic acids is 1. The summed E-state index contributed by atoms with van der Waals surface area (Å²) in [6.45, 7) is 0.227. The lowest BCUT2D eigenvalue weighted by Crippen LogP contribution is -2.05. The summed E-state index contributed by atoms with van der Waals surface area (Å²) >= 11 is 3.26. The second kappa shape index (κ2) is 4.38. The van der Waals surface area contributed by atoms with E-state index in [0.717, 1.165) is 5.52 Å². The van der Waals surface area contributed by atoms with Gasteiger partial charge in [0.1, 0.15) is 5.75 Å². The molecule has 0 saturated carbocycles. The van der Waals surface area contributed by atoms with Crippen molar-refractivity contribution in [3.63, 3.8) is 0 Å².